The molecule has 1 rings (SSSR count). The van der Waals surface area contributed by atoms with E-state index in [1.807, 2.05) is 0 Å². The molecule has 1 nitrogen and oxygen atoms in total. The lowest BCUT2D eigenvalue weighted by atomic mass is 10.1. The average Bonchev–Trinajstić information content (AvgIpc) is 2.04. The van der Waals surface area contributed by atoms with Crippen LogP contribution in [0.1, 0.15) is 17.9 Å². The Kier molecular flexibility index (Phi) is 3.56. The lowest BCUT2D eigenvalue weighted by Crippen LogP contribution is -1.96. The van der Waals surface area contributed by atoms with E-state index in [-0.39, 0.29) is 11.1 Å². The number of hydrogen-bond donors (Lipinski definition) is 0. The number of methoxy groups -OCH3 is 1. The minimum absolute atomic E-state index is 0.199. The maximum absolute atomic E-state index is 13.5. The lowest BCUT2D eigenvalue weighted by Gasteiger charge is -2.10. The molecule has 0 heterocycles. The van der Waals surface area contributed by atoms with Crippen LogP contribution < -0.4 is 4.74 Å². The van der Waals surface area contributed by atoms with Gasteiger partial charge in [-0.25, -0.2) is 4.39 Å². The van der Waals surface area contributed by atoms with Gasteiger partial charge in [0.1, 0.15) is 0 Å². The van der Waals surface area contributed by atoms with Crippen LogP contribution in [0.3, 0.4) is 0 Å². The highest BCUT2D eigenvalue weighted by atomic mass is 79.9. The second-order valence-corrected chi connectivity index (χ2v) is 4.11. The van der Waals surface area contributed by atoms with E-state index >= 15 is 0 Å². The third kappa shape index (κ3) is 2.15. The van der Waals surface area contributed by atoms with Gasteiger partial charge in [-0.05, 0) is 28.9 Å². The molecular weight excluding hydrogens is 258 g/mol. The minimum Gasteiger partial charge on any atom is -0.492 e. The van der Waals surface area contributed by atoms with E-state index in [0.717, 1.165) is 0 Å². The third-order valence-electron chi connectivity index (χ3n) is 1.71. The largest absolute Gasteiger partial charge is 0.492 e. The Morgan fingerprint density at radius 2 is 2.15 bits per heavy atom. The fourth-order valence-corrected chi connectivity index (χ4v) is 1.68. The summed E-state index contributed by atoms with van der Waals surface area (Å²) < 4.78 is 19.0. The first-order valence-corrected chi connectivity index (χ1v) is 4.96. The highest BCUT2D eigenvalue weighted by Gasteiger charge is 2.15. The number of rotatable bonds is 2. The van der Waals surface area contributed by atoms with Gasteiger partial charge in [0.05, 0.1) is 17.0 Å². The van der Waals surface area contributed by atoms with Crippen LogP contribution in [0.2, 0.25) is 0 Å². The number of hydrogen-bond acceptors (Lipinski definition) is 1. The second-order valence-electron chi connectivity index (χ2n) is 2.60. The Balaban J connectivity index is 3.27. The van der Waals surface area contributed by atoms with Crippen molar-refractivity contribution in [1.29, 1.82) is 0 Å². The molecule has 0 spiro atoms. The summed E-state index contributed by atoms with van der Waals surface area (Å²) in [7, 11) is 1.42. The van der Waals surface area contributed by atoms with Crippen LogP contribution in [0.4, 0.5) is 4.39 Å². The van der Waals surface area contributed by atoms with Gasteiger partial charge in [-0.15, -0.1) is 11.6 Å². The maximum atomic E-state index is 13.5. The molecule has 0 aliphatic rings. The first-order chi connectivity index (χ1) is 6.07. The summed E-state index contributed by atoms with van der Waals surface area (Å²) in [6.07, 6.45) is 0. The molecule has 0 N–H and O–H groups in total. The van der Waals surface area contributed by atoms with Gasteiger partial charge in [-0.1, -0.05) is 6.07 Å². The zero-order chi connectivity index (χ0) is 10.0. The topological polar surface area (TPSA) is 9.23 Å². The Labute approximate surface area is 90.0 Å². The van der Waals surface area contributed by atoms with Crippen molar-refractivity contribution in [3.63, 3.8) is 0 Å². The van der Waals surface area contributed by atoms with E-state index in [1.54, 1.807) is 19.1 Å². The summed E-state index contributed by atoms with van der Waals surface area (Å²) in [5.41, 5.74) is 0.446. The smallest absolute Gasteiger partial charge is 0.170 e. The van der Waals surface area contributed by atoms with E-state index in [0.29, 0.717) is 10.0 Å². The van der Waals surface area contributed by atoms with Crippen molar-refractivity contribution in [3.8, 4) is 5.75 Å². The quantitative estimate of drug-likeness (QED) is 0.739. The summed E-state index contributed by atoms with van der Waals surface area (Å²) in [6.45, 7) is 1.72. The van der Waals surface area contributed by atoms with Crippen molar-refractivity contribution in [3.05, 3.63) is 28.0 Å². The van der Waals surface area contributed by atoms with Crippen LogP contribution in [0.15, 0.2) is 16.6 Å². The molecule has 0 fully saturated rings. The molecular formula is C9H9BrClFO. The number of alkyl halides is 1. The molecule has 0 radical (unpaired) electrons. The van der Waals surface area contributed by atoms with E-state index in [4.69, 9.17) is 16.3 Å². The minimum atomic E-state index is -0.403. The van der Waals surface area contributed by atoms with Gasteiger partial charge < -0.3 is 4.74 Å². The number of halogens is 3. The highest BCUT2D eigenvalue weighted by Crippen LogP contribution is 2.34. The molecule has 72 valence electrons. The molecule has 1 aromatic carbocycles. The van der Waals surface area contributed by atoms with Crippen LogP contribution in [0, 0.1) is 5.82 Å². The molecule has 0 aliphatic heterocycles. The Morgan fingerprint density at radius 1 is 1.54 bits per heavy atom. The molecule has 0 aromatic heterocycles. The highest BCUT2D eigenvalue weighted by molar-refractivity contribution is 9.10. The predicted octanol–water partition coefficient (Wildman–Crippen LogP) is 3.90. The van der Waals surface area contributed by atoms with Gasteiger partial charge in [0, 0.05) is 5.56 Å². The first kappa shape index (κ1) is 10.8. The van der Waals surface area contributed by atoms with Gasteiger partial charge >= 0.3 is 0 Å². The van der Waals surface area contributed by atoms with Crippen LogP contribution >= 0.6 is 27.5 Å². The van der Waals surface area contributed by atoms with Crippen molar-refractivity contribution in [2.24, 2.45) is 0 Å². The van der Waals surface area contributed by atoms with Gasteiger partial charge in [0.15, 0.2) is 11.6 Å². The Bertz CT molecular complexity index is 315. The van der Waals surface area contributed by atoms with Crippen molar-refractivity contribution < 1.29 is 9.13 Å². The summed E-state index contributed by atoms with van der Waals surface area (Å²) in [4.78, 5) is 0. The van der Waals surface area contributed by atoms with Crippen LogP contribution in [-0.4, -0.2) is 7.11 Å². The van der Waals surface area contributed by atoms with Gasteiger partial charge in [-0.3, -0.25) is 0 Å². The zero-order valence-corrected chi connectivity index (χ0v) is 9.62. The van der Waals surface area contributed by atoms with Crippen LogP contribution in [0.25, 0.3) is 0 Å². The van der Waals surface area contributed by atoms with Crippen LogP contribution in [0.5, 0.6) is 5.75 Å². The summed E-state index contributed by atoms with van der Waals surface area (Å²) in [5.74, 6) is -0.204. The lowest BCUT2D eigenvalue weighted by molar-refractivity contribution is 0.381. The molecule has 13 heavy (non-hydrogen) atoms. The molecule has 0 saturated heterocycles. The SMILES string of the molecule is COc1c(Br)ccc(C(C)Cl)c1F. The summed E-state index contributed by atoms with van der Waals surface area (Å²) in [5, 5.41) is -0.359. The molecule has 1 atom stereocenters. The van der Waals surface area contributed by atoms with Crippen LogP contribution in [-0.2, 0) is 0 Å². The molecule has 0 bridgehead atoms. The second kappa shape index (κ2) is 4.29. The van der Waals surface area contributed by atoms with E-state index in [9.17, 15) is 4.39 Å². The Morgan fingerprint density at radius 3 is 2.62 bits per heavy atom. The molecule has 0 aliphatic carbocycles. The van der Waals surface area contributed by atoms with E-state index < -0.39 is 5.82 Å². The standard InChI is InChI=1S/C9H9BrClFO/c1-5(11)6-3-4-7(10)9(13-2)8(6)12/h3-5H,1-2H3. The summed E-state index contributed by atoms with van der Waals surface area (Å²) >= 11 is 8.96. The van der Waals surface area contributed by atoms with Gasteiger partial charge in [-0.2, -0.15) is 0 Å². The molecule has 4 heteroatoms. The Hall–Kier alpha value is -0.280. The number of ether oxygens (including phenoxy) is 1. The van der Waals surface area contributed by atoms with Crippen molar-refractivity contribution in [2.75, 3.05) is 7.11 Å². The molecule has 0 amide bonds. The van der Waals surface area contributed by atoms with Crippen molar-refractivity contribution >= 4 is 27.5 Å². The predicted molar refractivity (Wildman–Crippen MR) is 54.9 cm³/mol. The van der Waals surface area contributed by atoms with Crippen molar-refractivity contribution in [2.45, 2.75) is 12.3 Å². The van der Waals surface area contributed by atoms with E-state index in [2.05, 4.69) is 15.9 Å². The zero-order valence-electron chi connectivity index (χ0n) is 7.27. The van der Waals surface area contributed by atoms with Crippen molar-refractivity contribution in [1.82, 2.24) is 0 Å². The normalized spacial score (nSPS) is 12.7. The average molecular weight is 268 g/mol. The number of benzene rings is 1. The fourth-order valence-electron chi connectivity index (χ4n) is 1.04. The maximum Gasteiger partial charge on any atom is 0.170 e. The third-order valence-corrected chi connectivity index (χ3v) is 2.57. The summed E-state index contributed by atoms with van der Waals surface area (Å²) in [6, 6.07) is 3.36. The monoisotopic (exact) mass is 266 g/mol. The molecule has 1 aromatic rings. The van der Waals surface area contributed by atoms with Gasteiger partial charge in [0.25, 0.3) is 0 Å². The fraction of sp³-hybridized carbons (Fsp3) is 0.333. The molecule has 0 saturated carbocycles. The van der Waals surface area contributed by atoms with E-state index in [1.165, 1.54) is 7.11 Å². The van der Waals surface area contributed by atoms with Gasteiger partial charge in [0.2, 0.25) is 0 Å². The first-order valence-electron chi connectivity index (χ1n) is 3.74. The molecule has 1 unspecified atom stereocenters.